The Kier molecular flexibility index (Phi) is 8.35. The fraction of sp³-hybridized carbons (Fsp3) is 0.429. The van der Waals surface area contributed by atoms with E-state index < -0.39 is 17.7 Å². The van der Waals surface area contributed by atoms with Crippen molar-refractivity contribution in [2.24, 2.45) is 0 Å². The molecule has 0 aromatic heterocycles. The lowest BCUT2D eigenvalue weighted by Gasteiger charge is -2.30. The number of aryl methyl sites for hydroxylation is 1. The smallest absolute Gasteiger partial charge is 0.295 e. The highest BCUT2D eigenvalue weighted by molar-refractivity contribution is 6.46. The number of methoxy groups -OCH3 is 3. The van der Waals surface area contributed by atoms with Gasteiger partial charge < -0.3 is 29.0 Å². The molecule has 2 aromatic carbocycles. The SMILES string of the molecule is COc1ccc(C(O)=C2C(=O)C(=O)N(CCCN3CCOCC3)[C@H]2c2cccc(OC)c2OC)cc1C. The van der Waals surface area contributed by atoms with Gasteiger partial charge in [0.05, 0.1) is 46.2 Å². The number of benzene rings is 2. The van der Waals surface area contributed by atoms with E-state index in [1.165, 1.54) is 19.1 Å². The van der Waals surface area contributed by atoms with Gasteiger partial charge in [0.25, 0.3) is 11.7 Å². The van der Waals surface area contributed by atoms with Crippen LogP contribution in [0.3, 0.4) is 0 Å². The first-order chi connectivity index (χ1) is 17.9. The Bertz CT molecular complexity index is 1190. The molecule has 1 amide bonds. The molecule has 2 aromatic rings. The molecule has 2 saturated heterocycles. The maximum absolute atomic E-state index is 13.4. The lowest BCUT2D eigenvalue weighted by atomic mass is 9.93. The molecular weight excluding hydrogens is 476 g/mol. The Morgan fingerprint density at radius 3 is 2.38 bits per heavy atom. The van der Waals surface area contributed by atoms with E-state index in [-0.39, 0.29) is 11.3 Å². The molecule has 1 atom stereocenters. The number of amides is 1. The van der Waals surface area contributed by atoms with Gasteiger partial charge >= 0.3 is 0 Å². The third-order valence-corrected chi connectivity index (χ3v) is 6.91. The van der Waals surface area contributed by atoms with Crippen LogP contribution in [0.4, 0.5) is 0 Å². The van der Waals surface area contributed by atoms with Crippen molar-refractivity contribution in [1.29, 1.82) is 0 Å². The number of hydrogen-bond acceptors (Lipinski definition) is 8. The van der Waals surface area contributed by atoms with E-state index in [4.69, 9.17) is 18.9 Å². The van der Waals surface area contributed by atoms with Crippen LogP contribution in [0.2, 0.25) is 0 Å². The zero-order chi connectivity index (χ0) is 26.5. The summed E-state index contributed by atoms with van der Waals surface area (Å²) in [6.45, 7) is 6.00. The second-order valence-electron chi connectivity index (χ2n) is 9.07. The standard InChI is InChI=1S/C28H34N2O7/c1-18-17-19(9-10-21(18)34-2)25(31)23-24(20-7-5-8-22(35-3)27(20)36-4)30(28(33)26(23)32)12-6-11-29-13-15-37-16-14-29/h5,7-10,17,24,31H,6,11-16H2,1-4H3/t24-/m0/s1. The molecule has 4 rings (SSSR count). The van der Waals surface area contributed by atoms with Gasteiger partial charge in [-0.05, 0) is 43.2 Å². The van der Waals surface area contributed by atoms with E-state index >= 15 is 0 Å². The molecule has 0 aliphatic carbocycles. The molecule has 0 unspecified atom stereocenters. The van der Waals surface area contributed by atoms with Crippen LogP contribution in [0, 0.1) is 6.92 Å². The topological polar surface area (TPSA) is 97.8 Å². The largest absolute Gasteiger partial charge is 0.507 e. The Labute approximate surface area is 217 Å². The number of rotatable bonds is 9. The quantitative estimate of drug-likeness (QED) is 0.312. The number of aliphatic hydroxyl groups excluding tert-OH is 1. The fourth-order valence-corrected chi connectivity index (χ4v) is 5.03. The average molecular weight is 511 g/mol. The first kappa shape index (κ1) is 26.5. The molecule has 1 N–H and O–H groups in total. The Balaban J connectivity index is 1.77. The van der Waals surface area contributed by atoms with Gasteiger partial charge in [-0.25, -0.2) is 0 Å². The van der Waals surface area contributed by atoms with Gasteiger partial charge in [0.1, 0.15) is 11.5 Å². The molecule has 0 saturated carbocycles. The van der Waals surface area contributed by atoms with Crippen LogP contribution in [0.5, 0.6) is 17.2 Å². The molecule has 37 heavy (non-hydrogen) atoms. The maximum Gasteiger partial charge on any atom is 0.295 e. The third kappa shape index (κ3) is 5.28. The van der Waals surface area contributed by atoms with Crippen LogP contribution in [-0.2, 0) is 14.3 Å². The summed E-state index contributed by atoms with van der Waals surface area (Å²) in [5.74, 6) is -0.0808. The summed E-state index contributed by atoms with van der Waals surface area (Å²) in [7, 11) is 4.61. The van der Waals surface area contributed by atoms with Crippen LogP contribution >= 0.6 is 0 Å². The number of para-hydroxylation sites is 1. The van der Waals surface area contributed by atoms with Crippen molar-refractivity contribution in [1.82, 2.24) is 9.80 Å². The molecule has 2 fully saturated rings. The van der Waals surface area contributed by atoms with Crippen LogP contribution < -0.4 is 14.2 Å². The molecule has 0 radical (unpaired) electrons. The molecular formula is C28H34N2O7. The lowest BCUT2D eigenvalue weighted by molar-refractivity contribution is -0.140. The molecule has 9 nitrogen and oxygen atoms in total. The molecule has 2 aliphatic rings. The summed E-state index contributed by atoms with van der Waals surface area (Å²) in [6.07, 6.45) is 0.664. The van der Waals surface area contributed by atoms with E-state index in [0.717, 1.165) is 25.2 Å². The molecule has 9 heteroatoms. The maximum atomic E-state index is 13.4. The summed E-state index contributed by atoms with van der Waals surface area (Å²) in [6, 6.07) is 9.62. The Morgan fingerprint density at radius 2 is 1.73 bits per heavy atom. The summed E-state index contributed by atoms with van der Waals surface area (Å²) in [5.41, 5.74) is 1.81. The highest BCUT2D eigenvalue weighted by atomic mass is 16.5. The van der Waals surface area contributed by atoms with Gasteiger partial charge in [-0.2, -0.15) is 0 Å². The number of morpholine rings is 1. The van der Waals surface area contributed by atoms with E-state index in [9.17, 15) is 14.7 Å². The lowest BCUT2D eigenvalue weighted by Crippen LogP contribution is -2.39. The van der Waals surface area contributed by atoms with Gasteiger partial charge in [0, 0.05) is 37.3 Å². The Morgan fingerprint density at radius 1 is 1.00 bits per heavy atom. The van der Waals surface area contributed by atoms with Crippen molar-refractivity contribution in [3.8, 4) is 17.2 Å². The summed E-state index contributed by atoms with van der Waals surface area (Å²) < 4.78 is 21.9. The molecule has 2 heterocycles. The van der Waals surface area contributed by atoms with Gasteiger partial charge in [0.15, 0.2) is 11.5 Å². The monoisotopic (exact) mass is 510 g/mol. The van der Waals surface area contributed by atoms with Crippen LogP contribution in [-0.4, -0.2) is 87.3 Å². The minimum Gasteiger partial charge on any atom is -0.507 e. The van der Waals surface area contributed by atoms with Gasteiger partial charge in [0.2, 0.25) is 0 Å². The zero-order valence-corrected chi connectivity index (χ0v) is 21.8. The van der Waals surface area contributed by atoms with Crippen molar-refractivity contribution < 1.29 is 33.6 Å². The van der Waals surface area contributed by atoms with Crippen LogP contribution in [0.25, 0.3) is 5.76 Å². The molecule has 2 aliphatic heterocycles. The van der Waals surface area contributed by atoms with Crippen molar-refractivity contribution >= 4 is 17.4 Å². The van der Waals surface area contributed by atoms with Gasteiger partial charge in [-0.1, -0.05) is 12.1 Å². The number of nitrogens with zero attached hydrogens (tertiary/aromatic N) is 2. The average Bonchev–Trinajstić information content (AvgIpc) is 3.17. The molecule has 0 spiro atoms. The number of ketones is 1. The number of hydrogen-bond donors (Lipinski definition) is 1. The van der Waals surface area contributed by atoms with Crippen molar-refractivity contribution in [3.63, 3.8) is 0 Å². The summed E-state index contributed by atoms with van der Waals surface area (Å²) >= 11 is 0. The van der Waals surface area contributed by atoms with E-state index in [2.05, 4.69) is 4.90 Å². The molecule has 198 valence electrons. The zero-order valence-electron chi connectivity index (χ0n) is 21.8. The number of aliphatic hydroxyl groups is 1. The number of likely N-dealkylation sites (tertiary alicyclic amines) is 1. The number of carbonyl (C=O) groups is 2. The summed E-state index contributed by atoms with van der Waals surface area (Å²) in [5, 5.41) is 11.4. The van der Waals surface area contributed by atoms with Crippen LogP contribution in [0.15, 0.2) is 42.0 Å². The predicted octanol–water partition coefficient (Wildman–Crippen LogP) is 3.16. The first-order valence-corrected chi connectivity index (χ1v) is 12.4. The van der Waals surface area contributed by atoms with Gasteiger partial charge in [-0.3, -0.25) is 14.5 Å². The second-order valence-corrected chi connectivity index (χ2v) is 9.07. The normalized spacial score (nSPS) is 19.8. The second kappa shape index (κ2) is 11.7. The van der Waals surface area contributed by atoms with Crippen molar-refractivity contribution in [2.75, 3.05) is 60.7 Å². The number of ether oxygens (including phenoxy) is 4. The predicted molar refractivity (Wildman–Crippen MR) is 138 cm³/mol. The number of Topliss-reactive ketones (excluding diaryl/α,β-unsaturated/α-hetero) is 1. The van der Waals surface area contributed by atoms with Crippen LogP contribution in [0.1, 0.15) is 29.2 Å². The van der Waals surface area contributed by atoms with E-state index in [1.807, 2.05) is 6.92 Å². The highest BCUT2D eigenvalue weighted by Crippen LogP contribution is 2.45. The van der Waals surface area contributed by atoms with Crippen molar-refractivity contribution in [3.05, 3.63) is 58.7 Å². The summed E-state index contributed by atoms with van der Waals surface area (Å²) in [4.78, 5) is 30.6. The fourth-order valence-electron chi connectivity index (χ4n) is 5.03. The number of carbonyl (C=O) groups excluding carboxylic acids is 2. The highest BCUT2D eigenvalue weighted by Gasteiger charge is 2.47. The van der Waals surface area contributed by atoms with E-state index in [0.29, 0.717) is 54.6 Å². The van der Waals surface area contributed by atoms with Gasteiger partial charge in [-0.15, -0.1) is 0 Å². The van der Waals surface area contributed by atoms with E-state index in [1.54, 1.807) is 43.5 Å². The minimum atomic E-state index is -0.836. The Hall–Kier alpha value is -3.56. The first-order valence-electron chi connectivity index (χ1n) is 12.4. The third-order valence-electron chi connectivity index (χ3n) is 6.91. The van der Waals surface area contributed by atoms with Crippen molar-refractivity contribution in [2.45, 2.75) is 19.4 Å². The molecule has 0 bridgehead atoms. The minimum absolute atomic E-state index is 0.0208.